The second-order valence-electron chi connectivity index (χ2n) is 6.47. The molecule has 132 valence electrons. The van der Waals surface area contributed by atoms with Crippen LogP contribution in [-0.2, 0) is 5.60 Å². The second-order valence-corrected chi connectivity index (χ2v) is 6.47. The average Bonchev–Trinajstić information content (AvgIpc) is 2.61. The lowest BCUT2D eigenvalue weighted by atomic mass is 9.81. The van der Waals surface area contributed by atoms with E-state index in [4.69, 9.17) is 5.26 Å². The van der Waals surface area contributed by atoms with Gasteiger partial charge in [0.25, 0.3) is 0 Å². The summed E-state index contributed by atoms with van der Waals surface area (Å²) in [6, 6.07) is 14.0. The second kappa shape index (κ2) is 8.21. The summed E-state index contributed by atoms with van der Waals surface area (Å²) < 4.78 is 13.3. The molecule has 0 aliphatic rings. The van der Waals surface area contributed by atoms with Crippen molar-refractivity contribution in [3.63, 3.8) is 0 Å². The van der Waals surface area contributed by atoms with E-state index >= 15 is 0 Å². The third-order valence-corrected chi connectivity index (χ3v) is 4.32. The number of aliphatic hydroxyl groups excluding tert-OH is 1. The van der Waals surface area contributed by atoms with Crippen LogP contribution in [0.1, 0.15) is 35.6 Å². The maximum absolute atomic E-state index is 13.3. The predicted octanol–water partition coefficient (Wildman–Crippen LogP) is 2.96. The minimum absolute atomic E-state index is 0.317. The molecule has 2 atom stereocenters. The number of hydrogen-bond donors (Lipinski definition) is 2. The fraction of sp³-hybridized carbons (Fsp3) is 0.350. The van der Waals surface area contributed by atoms with Gasteiger partial charge in [-0.1, -0.05) is 24.3 Å². The molecule has 4 nitrogen and oxygen atoms in total. The van der Waals surface area contributed by atoms with Gasteiger partial charge >= 0.3 is 0 Å². The molecule has 0 aliphatic carbocycles. The van der Waals surface area contributed by atoms with Crippen molar-refractivity contribution in [3.8, 4) is 6.07 Å². The Morgan fingerprint density at radius 2 is 1.72 bits per heavy atom. The summed E-state index contributed by atoms with van der Waals surface area (Å²) in [5.41, 5.74) is -0.0909. The van der Waals surface area contributed by atoms with E-state index < -0.39 is 17.5 Å². The fourth-order valence-electron chi connectivity index (χ4n) is 2.86. The highest BCUT2D eigenvalue weighted by molar-refractivity contribution is 5.35. The van der Waals surface area contributed by atoms with Gasteiger partial charge in [-0.05, 0) is 68.9 Å². The lowest BCUT2D eigenvalue weighted by Crippen LogP contribution is -2.34. The Morgan fingerprint density at radius 1 is 1.12 bits per heavy atom. The predicted molar refractivity (Wildman–Crippen MR) is 94.2 cm³/mol. The van der Waals surface area contributed by atoms with Gasteiger partial charge in [0.2, 0.25) is 0 Å². The number of halogens is 1. The Kier molecular flexibility index (Phi) is 6.27. The average molecular weight is 342 g/mol. The van der Waals surface area contributed by atoms with Gasteiger partial charge < -0.3 is 15.1 Å². The van der Waals surface area contributed by atoms with Crippen molar-refractivity contribution in [1.82, 2.24) is 4.90 Å². The van der Waals surface area contributed by atoms with E-state index in [-0.39, 0.29) is 0 Å². The van der Waals surface area contributed by atoms with Crippen LogP contribution in [0.25, 0.3) is 0 Å². The molecule has 2 N–H and O–H groups in total. The molecule has 2 rings (SSSR count). The van der Waals surface area contributed by atoms with Crippen LogP contribution in [0.15, 0.2) is 48.5 Å². The standard InChI is InChI=1S/C20H23FN2O2/c1-23(2)13-3-12-20(25,17-8-10-18(21)11-9-17)19(24)16-6-4-15(14-22)5-7-16/h4-11,19,24-25H,3,12-13H2,1-2H3. The maximum Gasteiger partial charge on any atom is 0.123 e. The van der Waals surface area contributed by atoms with Crippen LogP contribution < -0.4 is 0 Å². The van der Waals surface area contributed by atoms with Crippen molar-refractivity contribution in [2.45, 2.75) is 24.5 Å². The van der Waals surface area contributed by atoms with Gasteiger partial charge in [0.05, 0.1) is 11.6 Å². The van der Waals surface area contributed by atoms with Crippen LogP contribution in [0.2, 0.25) is 0 Å². The van der Waals surface area contributed by atoms with Gasteiger partial charge in [-0.3, -0.25) is 0 Å². The van der Waals surface area contributed by atoms with Crippen LogP contribution in [-0.4, -0.2) is 35.8 Å². The highest BCUT2D eigenvalue weighted by Gasteiger charge is 2.38. The van der Waals surface area contributed by atoms with E-state index in [1.165, 1.54) is 24.3 Å². The van der Waals surface area contributed by atoms with Gasteiger partial charge in [0, 0.05) is 0 Å². The number of nitriles is 1. The molecule has 5 heteroatoms. The summed E-state index contributed by atoms with van der Waals surface area (Å²) in [5.74, 6) is -0.396. The first-order chi connectivity index (χ1) is 11.9. The zero-order valence-electron chi connectivity index (χ0n) is 14.5. The summed E-state index contributed by atoms with van der Waals surface area (Å²) in [4.78, 5) is 2.00. The van der Waals surface area contributed by atoms with Gasteiger partial charge in [-0.15, -0.1) is 0 Å². The summed E-state index contributed by atoms with van der Waals surface area (Å²) >= 11 is 0. The van der Waals surface area contributed by atoms with E-state index in [1.807, 2.05) is 25.1 Å². The first kappa shape index (κ1) is 19.1. The third kappa shape index (κ3) is 4.64. The fourth-order valence-corrected chi connectivity index (χ4v) is 2.86. The molecule has 0 fully saturated rings. The summed E-state index contributed by atoms with van der Waals surface area (Å²) in [6.07, 6.45) is -0.209. The van der Waals surface area contributed by atoms with Gasteiger partial charge in [-0.25, -0.2) is 4.39 Å². The Morgan fingerprint density at radius 3 is 2.24 bits per heavy atom. The van der Waals surface area contributed by atoms with Crippen molar-refractivity contribution >= 4 is 0 Å². The lowest BCUT2D eigenvalue weighted by Gasteiger charge is -2.34. The van der Waals surface area contributed by atoms with Crippen molar-refractivity contribution in [3.05, 3.63) is 71.0 Å². The first-order valence-corrected chi connectivity index (χ1v) is 8.18. The summed E-state index contributed by atoms with van der Waals surface area (Å²) in [5, 5.41) is 31.0. The molecular weight excluding hydrogens is 319 g/mol. The normalized spacial score (nSPS) is 14.8. The molecule has 0 bridgehead atoms. The van der Waals surface area contributed by atoms with E-state index in [2.05, 4.69) is 0 Å². The largest absolute Gasteiger partial charge is 0.385 e. The monoisotopic (exact) mass is 342 g/mol. The smallest absolute Gasteiger partial charge is 0.123 e. The Bertz CT molecular complexity index is 723. The Labute approximate surface area is 147 Å². The van der Waals surface area contributed by atoms with Crippen LogP contribution in [0.4, 0.5) is 4.39 Å². The SMILES string of the molecule is CN(C)CCCC(O)(c1ccc(F)cc1)C(O)c1ccc(C#N)cc1. The van der Waals surface area contributed by atoms with Crippen LogP contribution in [0.3, 0.4) is 0 Å². The highest BCUT2D eigenvalue weighted by Crippen LogP contribution is 2.39. The molecule has 2 aromatic rings. The van der Waals surface area contributed by atoms with Crippen molar-refractivity contribution in [2.24, 2.45) is 0 Å². The number of benzene rings is 2. The zero-order valence-corrected chi connectivity index (χ0v) is 14.5. The van der Waals surface area contributed by atoms with E-state index in [0.717, 1.165) is 6.54 Å². The molecule has 0 aromatic heterocycles. The molecule has 2 aromatic carbocycles. The zero-order chi connectivity index (χ0) is 18.4. The molecule has 0 saturated heterocycles. The van der Waals surface area contributed by atoms with Gasteiger partial charge in [0.1, 0.15) is 17.5 Å². The van der Waals surface area contributed by atoms with Crippen molar-refractivity contribution in [1.29, 1.82) is 5.26 Å². The molecule has 25 heavy (non-hydrogen) atoms. The number of aliphatic hydroxyl groups is 2. The van der Waals surface area contributed by atoms with Crippen LogP contribution >= 0.6 is 0 Å². The quantitative estimate of drug-likeness (QED) is 0.812. The number of nitrogens with zero attached hydrogens (tertiary/aromatic N) is 2. The van der Waals surface area contributed by atoms with Crippen LogP contribution in [0.5, 0.6) is 0 Å². The van der Waals surface area contributed by atoms with E-state index in [9.17, 15) is 14.6 Å². The molecule has 0 amide bonds. The molecule has 2 unspecified atom stereocenters. The summed E-state index contributed by atoms with van der Waals surface area (Å²) in [7, 11) is 3.88. The first-order valence-electron chi connectivity index (χ1n) is 8.18. The molecule has 0 aliphatic heterocycles. The molecule has 0 radical (unpaired) electrons. The molecular formula is C20H23FN2O2. The van der Waals surface area contributed by atoms with Crippen LogP contribution in [0, 0.1) is 17.1 Å². The van der Waals surface area contributed by atoms with Gasteiger partial charge in [0.15, 0.2) is 0 Å². The van der Waals surface area contributed by atoms with Crippen molar-refractivity contribution in [2.75, 3.05) is 20.6 Å². The number of rotatable bonds is 7. The molecule has 0 heterocycles. The molecule has 0 spiro atoms. The third-order valence-electron chi connectivity index (χ3n) is 4.32. The summed E-state index contributed by atoms with van der Waals surface area (Å²) in [6.45, 7) is 0.754. The van der Waals surface area contributed by atoms with E-state index in [0.29, 0.717) is 29.5 Å². The topological polar surface area (TPSA) is 67.5 Å². The van der Waals surface area contributed by atoms with Gasteiger partial charge in [-0.2, -0.15) is 5.26 Å². The maximum atomic E-state index is 13.3. The van der Waals surface area contributed by atoms with Crippen molar-refractivity contribution < 1.29 is 14.6 Å². The number of hydrogen-bond acceptors (Lipinski definition) is 4. The lowest BCUT2D eigenvalue weighted by molar-refractivity contribution is -0.0906. The minimum Gasteiger partial charge on any atom is -0.385 e. The Hall–Kier alpha value is -2.26. The minimum atomic E-state index is -1.54. The molecule has 0 saturated carbocycles. The Balaban J connectivity index is 2.34. The highest BCUT2D eigenvalue weighted by atomic mass is 19.1. The van der Waals surface area contributed by atoms with E-state index in [1.54, 1.807) is 24.3 Å².